The first-order valence-corrected chi connectivity index (χ1v) is 9.65. The number of benzene rings is 4. The molecule has 6 nitrogen and oxygen atoms in total. The zero-order valence-electron chi connectivity index (χ0n) is 16.7. The third-order valence-electron chi connectivity index (χ3n) is 4.91. The van der Waals surface area contributed by atoms with Crippen molar-refractivity contribution in [3.63, 3.8) is 0 Å². The molecule has 0 aliphatic carbocycles. The Labute approximate surface area is 178 Å². The Balaban J connectivity index is 1.70. The second-order valence-corrected chi connectivity index (χ2v) is 7.02. The number of carbonyl (C=O) groups excluding carboxylic acids is 2. The van der Waals surface area contributed by atoms with Gasteiger partial charge in [0.1, 0.15) is 5.69 Å². The number of hydrogen-bond acceptors (Lipinski definition) is 5. The number of fused-ring (bicyclic) bond motifs is 1. The summed E-state index contributed by atoms with van der Waals surface area (Å²) in [6, 6.07) is 23.2. The summed E-state index contributed by atoms with van der Waals surface area (Å²) in [4.78, 5) is 23.9. The SMILES string of the molecule is Cc1ccc(C(=O)Nc2ccccc2)cc1N=Nc1c(O)c(C=O)cc2ccccc12. The van der Waals surface area contributed by atoms with Crippen molar-refractivity contribution in [2.24, 2.45) is 10.2 Å². The average molecular weight is 409 g/mol. The van der Waals surface area contributed by atoms with Crippen LogP contribution in [0.5, 0.6) is 5.75 Å². The molecular weight excluding hydrogens is 390 g/mol. The van der Waals surface area contributed by atoms with E-state index in [9.17, 15) is 14.7 Å². The first kappa shape index (κ1) is 20.0. The standard InChI is InChI=1S/C25H19N3O3/c1-16-11-12-18(25(31)26-20-8-3-2-4-9-20)14-22(16)27-28-23-21-10-6-5-7-17(21)13-19(15-29)24(23)30/h2-15,30H,1H3,(H,26,31). The number of nitrogens with zero attached hydrogens (tertiary/aromatic N) is 2. The van der Waals surface area contributed by atoms with Crippen LogP contribution >= 0.6 is 0 Å². The molecule has 4 aromatic rings. The van der Waals surface area contributed by atoms with Gasteiger partial charge < -0.3 is 10.4 Å². The fraction of sp³-hybridized carbons (Fsp3) is 0.0400. The van der Waals surface area contributed by atoms with Crippen molar-refractivity contribution in [2.45, 2.75) is 6.92 Å². The third-order valence-corrected chi connectivity index (χ3v) is 4.91. The Hall–Kier alpha value is -4.32. The fourth-order valence-corrected chi connectivity index (χ4v) is 3.22. The maximum absolute atomic E-state index is 12.6. The molecule has 0 aliphatic heterocycles. The largest absolute Gasteiger partial charge is 0.505 e. The lowest BCUT2D eigenvalue weighted by molar-refractivity contribution is 0.102. The van der Waals surface area contributed by atoms with Gasteiger partial charge >= 0.3 is 0 Å². The van der Waals surface area contributed by atoms with Crippen molar-refractivity contribution < 1.29 is 14.7 Å². The van der Waals surface area contributed by atoms with Crippen LogP contribution in [0, 0.1) is 6.92 Å². The zero-order valence-corrected chi connectivity index (χ0v) is 16.7. The van der Waals surface area contributed by atoms with E-state index in [0.29, 0.717) is 28.6 Å². The third kappa shape index (κ3) is 4.18. The Bertz CT molecular complexity index is 1310. The zero-order chi connectivity index (χ0) is 21.8. The van der Waals surface area contributed by atoms with E-state index in [2.05, 4.69) is 15.5 Å². The molecule has 4 aromatic carbocycles. The quantitative estimate of drug-likeness (QED) is 0.298. The van der Waals surface area contributed by atoms with Gasteiger partial charge in [-0.25, -0.2) is 0 Å². The number of aldehydes is 1. The summed E-state index contributed by atoms with van der Waals surface area (Å²) in [7, 11) is 0. The monoisotopic (exact) mass is 409 g/mol. The van der Waals surface area contributed by atoms with E-state index in [1.165, 1.54) is 0 Å². The van der Waals surface area contributed by atoms with E-state index in [0.717, 1.165) is 10.9 Å². The molecule has 0 aliphatic rings. The fourth-order valence-electron chi connectivity index (χ4n) is 3.22. The van der Waals surface area contributed by atoms with Gasteiger partial charge in [0.05, 0.1) is 11.3 Å². The van der Waals surface area contributed by atoms with Gasteiger partial charge in [0.2, 0.25) is 0 Å². The molecular formula is C25H19N3O3. The van der Waals surface area contributed by atoms with Gasteiger partial charge in [-0.05, 0) is 48.2 Å². The molecule has 0 saturated carbocycles. The van der Waals surface area contributed by atoms with E-state index in [1.807, 2.05) is 43.3 Å². The highest BCUT2D eigenvalue weighted by Crippen LogP contribution is 2.39. The van der Waals surface area contributed by atoms with Crippen LogP contribution in [0.2, 0.25) is 0 Å². The lowest BCUT2D eigenvalue weighted by atomic mass is 10.0. The van der Waals surface area contributed by atoms with Crippen molar-refractivity contribution in [1.82, 2.24) is 0 Å². The Morgan fingerprint density at radius 3 is 2.45 bits per heavy atom. The lowest BCUT2D eigenvalue weighted by Gasteiger charge is -2.08. The maximum Gasteiger partial charge on any atom is 0.255 e. The number of aryl methyl sites for hydroxylation is 1. The van der Waals surface area contributed by atoms with Crippen molar-refractivity contribution in [2.75, 3.05) is 5.32 Å². The molecule has 0 bridgehead atoms. The van der Waals surface area contributed by atoms with E-state index in [-0.39, 0.29) is 22.9 Å². The minimum atomic E-state index is -0.265. The molecule has 0 spiro atoms. The first-order valence-electron chi connectivity index (χ1n) is 9.65. The van der Waals surface area contributed by atoms with E-state index in [1.54, 1.807) is 42.5 Å². The summed E-state index contributed by atoms with van der Waals surface area (Å²) in [6.07, 6.45) is 0.584. The molecule has 0 saturated heterocycles. The normalized spacial score (nSPS) is 11.0. The number of nitrogens with one attached hydrogen (secondary N) is 1. The molecule has 152 valence electrons. The van der Waals surface area contributed by atoms with Crippen LogP contribution in [0.15, 0.2) is 89.1 Å². The minimum Gasteiger partial charge on any atom is -0.505 e. The van der Waals surface area contributed by atoms with Crippen LogP contribution in [0.1, 0.15) is 26.3 Å². The van der Waals surface area contributed by atoms with Gasteiger partial charge in [0, 0.05) is 16.6 Å². The van der Waals surface area contributed by atoms with Gasteiger partial charge in [-0.2, -0.15) is 5.11 Å². The molecule has 0 unspecified atom stereocenters. The van der Waals surface area contributed by atoms with Crippen molar-refractivity contribution in [3.8, 4) is 5.75 Å². The number of anilines is 1. The summed E-state index contributed by atoms with van der Waals surface area (Å²) >= 11 is 0. The van der Waals surface area contributed by atoms with E-state index >= 15 is 0 Å². The summed E-state index contributed by atoms with van der Waals surface area (Å²) < 4.78 is 0. The van der Waals surface area contributed by atoms with Crippen LogP contribution in [0.3, 0.4) is 0 Å². The van der Waals surface area contributed by atoms with Gasteiger partial charge in [0.25, 0.3) is 5.91 Å². The lowest BCUT2D eigenvalue weighted by Crippen LogP contribution is -2.11. The molecule has 0 heterocycles. The number of phenolic OH excluding ortho intramolecular Hbond substituents is 1. The number of amides is 1. The maximum atomic E-state index is 12.6. The van der Waals surface area contributed by atoms with Crippen molar-refractivity contribution >= 4 is 40.0 Å². The topological polar surface area (TPSA) is 91.1 Å². The number of carbonyl (C=O) groups is 2. The number of rotatable bonds is 5. The molecule has 0 fully saturated rings. The molecule has 0 aromatic heterocycles. The van der Waals surface area contributed by atoms with E-state index < -0.39 is 0 Å². The molecule has 1 amide bonds. The second kappa shape index (κ2) is 8.59. The van der Waals surface area contributed by atoms with Gasteiger partial charge in [-0.3, -0.25) is 9.59 Å². The highest BCUT2D eigenvalue weighted by molar-refractivity contribution is 6.05. The average Bonchev–Trinajstić information content (AvgIpc) is 2.79. The van der Waals surface area contributed by atoms with Crippen molar-refractivity contribution in [1.29, 1.82) is 0 Å². The van der Waals surface area contributed by atoms with Crippen LogP contribution < -0.4 is 5.32 Å². The van der Waals surface area contributed by atoms with Crippen LogP contribution in [-0.2, 0) is 0 Å². The van der Waals surface area contributed by atoms with Gasteiger partial charge in [-0.15, -0.1) is 5.11 Å². The summed E-state index contributed by atoms with van der Waals surface area (Å²) in [5.41, 5.74) is 2.77. The summed E-state index contributed by atoms with van der Waals surface area (Å²) in [5, 5.41) is 23.3. The van der Waals surface area contributed by atoms with Gasteiger partial charge in [0.15, 0.2) is 12.0 Å². The summed E-state index contributed by atoms with van der Waals surface area (Å²) in [5.74, 6) is -0.494. The Morgan fingerprint density at radius 1 is 0.935 bits per heavy atom. The van der Waals surface area contributed by atoms with E-state index in [4.69, 9.17) is 0 Å². The number of para-hydroxylation sites is 1. The number of hydrogen-bond donors (Lipinski definition) is 2. The number of phenols is 1. The molecule has 2 N–H and O–H groups in total. The van der Waals surface area contributed by atoms with Crippen LogP contribution in [0.4, 0.5) is 17.1 Å². The molecule has 4 rings (SSSR count). The summed E-state index contributed by atoms with van der Waals surface area (Å²) in [6.45, 7) is 1.85. The van der Waals surface area contributed by atoms with Gasteiger partial charge in [-0.1, -0.05) is 48.5 Å². The predicted octanol–water partition coefficient (Wildman–Crippen LogP) is 6.33. The second-order valence-electron chi connectivity index (χ2n) is 7.02. The van der Waals surface area contributed by atoms with Crippen LogP contribution in [-0.4, -0.2) is 17.3 Å². The Kier molecular flexibility index (Phi) is 5.53. The van der Waals surface area contributed by atoms with Crippen LogP contribution in [0.25, 0.3) is 10.8 Å². The van der Waals surface area contributed by atoms with Crippen molar-refractivity contribution in [3.05, 3.63) is 95.6 Å². The highest BCUT2D eigenvalue weighted by Gasteiger charge is 2.13. The highest BCUT2D eigenvalue weighted by atomic mass is 16.3. The number of aromatic hydroxyl groups is 1. The first-order chi connectivity index (χ1) is 15.1. The number of azo groups is 1. The molecule has 0 atom stereocenters. The molecule has 6 heteroatoms. The predicted molar refractivity (Wildman–Crippen MR) is 121 cm³/mol. The molecule has 0 radical (unpaired) electrons. The minimum absolute atomic E-state index is 0.139. The Morgan fingerprint density at radius 2 is 1.68 bits per heavy atom. The smallest absolute Gasteiger partial charge is 0.255 e. The molecule has 31 heavy (non-hydrogen) atoms.